The van der Waals surface area contributed by atoms with Gasteiger partial charge >= 0.3 is 6.36 Å². The third kappa shape index (κ3) is 8.77. The molecule has 1 heterocycles. The minimum Gasteiger partial charge on any atom is -0.405 e. The number of nitrogens with one attached hydrogen (secondary N) is 2. The fraction of sp³-hybridized carbons (Fsp3) is 0.440. The summed E-state index contributed by atoms with van der Waals surface area (Å²) in [5, 5.41) is 7.83. The van der Waals surface area contributed by atoms with Crippen molar-refractivity contribution in [3.05, 3.63) is 52.5 Å². The average Bonchev–Trinajstić information content (AvgIpc) is 2.81. The van der Waals surface area contributed by atoms with Crippen LogP contribution in [0.25, 0.3) is 10.9 Å². The molecule has 204 valence electrons. The summed E-state index contributed by atoms with van der Waals surface area (Å²) in [5.74, 6) is 1.82. The van der Waals surface area contributed by atoms with Crippen LogP contribution in [0.15, 0.2) is 46.9 Å². The predicted molar refractivity (Wildman–Crippen MR) is 150 cm³/mol. The maximum Gasteiger partial charge on any atom is 0.573 e. The number of fused-ring (bicyclic) bond motifs is 1. The van der Waals surface area contributed by atoms with Crippen molar-refractivity contribution >= 4 is 63.4 Å². The van der Waals surface area contributed by atoms with Crippen LogP contribution in [0.1, 0.15) is 31.2 Å². The lowest BCUT2D eigenvalue weighted by Crippen LogP contribution is -2.34. The largest absolute Gasteiger partial charge is 0.573 e. The van der Waals surface area contributed by atoms with Crippen LogP contribution in [0, 0.1) is 5.92 Å². The predicted octanol–water partition coefficient (Wildman–Crippen LogP) is 6.96. The zero-order valence-corrected chi connectivity index (χ0v) is 23.7. The Balaban J connectivity index is 0.00000241. The van der Waals surface area contributed by atoms with E-state index in [-0.39, 0.29) is 36.6 Å². The molecule has 2 N–H and O–H groups in total. The van der Waals surface area contributed by atoms with E-state index in [4.69, 9.17) is 4.98 Å². The molecule has 1 saturated carbocycles. The number of halogens is 6. The van der Waals surface area contributed by atoms with Crippen LogP contribution >= 0.6 is 40.7 Å². The molecule has 12 heteroatoms. The van der Waals surface area contributed by atoms with E-state index < -0.39 is 6.36 Å². The highest BCUT2D eigenvalue weighted by Crippen LogP contribution is 2.31. The van der Waals surface area contributed by atoms with Gasteiger partial charge in [0.1, 0.15) is 11.6 Å². The molecular formula is C25H31BrCl2F3N5O. The number of hydrogen-bond donors (Lipinski definition) is 2. The second kappa shape index (κ2) is 13.7. The van der Waals surface area contributed by atoms with Gasteiger partial charge in [0, 0.05) is 48.6 Å². The van der Waals surface area contributed by atoms with E-state index in [9.17, 15) is 13.2 Å². The van der Waals surface area contributed by atoms with Crippen molar-refractivity contribution in [2.75, 3.05) is 30.9 Å². The Kier molecular flexibility index (Phi) is 11.5. The summed E-state index contributed by atoms with van der Waals surface area (Å²) in [5.41, 5.74) is 1.39. The molecule has 0 amide bonds. The number of rotatable bonds is 8. The Morgan fingerprint density at radius 1 is 1.03 bits per heavy atom. The zero-order valence-electron chi connectivity index (χ0n) is 20.5. The number of ether oxygens (including phenoxy) is 1. The topological polar surface area (TPSA) is 62.3 Å². The van der Waals surface area contributed by atoms with E-state index in [0.717, 1.165) is 48.9 Å². The average molecular weight is 625 g/mol. The molecule has 0 unspecified atom stereocenters. The van der Waals surface area contributed by atoms with Gasteiger partial charge < -0.3 is 20.3 Å². The van der Waals surface area contributed by atoms with Crippen LogP contribution in [-0.4, -0.2) is 43.0 Å². The van der Waals surface area contributed by atoms with Crippen molar-refractivity contribution in [3.8, 4) is 5.75 Å². The van der Waals surface area contributed by atoms with Crippen LogP contribution in [-0.2, 0) is 6.54 Å². The molecule has 2 aromatic carbocycles. The van der Waals surface area contributed by atoms with Gasteiger partial charge in [-0.3, -0.25) is 0 Å². The Bertz CT molecular complexity index is 1160. The molecular weight excluding hydrogens is 594 g/mol. The number of nitrogens with zero attached hydrogens (tertiary/aromatic N) is 3. The highest BCUT2D eigenvalue weighted by molar-refractivity contribution is 9.10. The number of hydrogen-bond acceptors (Lipinski definition) is 6. The van der Waals surface area contributed by atoms with Crippen molar-refractivity contribution in [3.63, 3.8) is 0 Å². The van der Waals surface area contributed by atoms with E-state index in [1.807, 2.05) is 43.3 Å². The van der Waals surface area contributed by atoms with Gasteiger partial charge in [0.05, 0.1) is 5.52 Å². The maximum absolute atomic E-state index is 12.7. The van der Waals surface area contributed by atoms with E-state index in [1.165, 1.54) is 6.07 Å². The fourth-order valence-electron chi connectivity index (χ4n) is 4.43. The van der Waals surface area contributed by atoms with Gasteiger partial charge in [0.2, 0.25) is 5.95 Å². The normalized spacial score (nSPS) is 17.5. The quantitative estimate of drug-likeness (QED) is 0.283. The minimum absolute atomic E-state index is 0. The second-order valence-corrected chi connectivity index (χ2v) is 9.98. The van der Waals surface area contributed by atoms with Crippen LogP contribution in [0.3, 0.4) is 0 Å². The lowest BCUT2D eigenvalue weighted by atomic mass is 9.86. The Morgan fingerprint density at radius 2 is 1.73 bits per heavy atom. The summed E-state index contributed by atoms with van der Waals surface area (Å²) in [4.78, 5) is 11.4. The summed E-state index contributed by atoms with van der Waals surface area (Å²) in [6.45, 7) is 1.11. The van der Waals surface area contributed by atoms with E-state index in [1.54, 1.807) is 12.1 Å². The molecule has 37 heavy (non-hydrogen) atoms. The van der Waals surface area contributed by atoms with Gasteiger partial charge in [-0.15, -0.1) is 38.0 Å². The minimum atomic E-state index is -4.72. The molecule has 0 saturated heterocycles. The van der Waals surface area contributed by atoms with Gasteiger partial charge in [-0.1, -0.05) is 34.1 Å². The van der Waals surface area contributed by atoms with Gasteiger partial charge in [-0.05, 0) is 55.9 Å². The van der Waals surface area contributed by atoms with Crippen molar-refractivity contribution in [1.82, 2.24) is 15.3 Å². The lowest BCUT2D eigenvalue weighted by molar-refractivity contribution is -0.274. The first-order valence-electron chi connectivity index (χ1n) is 11.6. The summed E-state index contributed by atoms with van der Waals surface area (Å²) in [7, 11) is 3.94. The highest BCUT2D eigenvalue weighted by Gasteiger charge is 2.32. The first kappa shape index (κ1) is 31.2. The number of benzene rings is 2. The molecule has 1 aliphatic rings. The van der Waals surface area contributed by atoms with Gasteiger partial charge in [0.15, 0.2) is 0 Å². The standard InChI is InChI=1S/C25H29BrF3N5O.2ClH/c1-34(2)23-20-5-3-4-6-21(20)32-24(33-23)31-14-16-7-11-19(12-8-16)30-15-17-9-10-18(26)13-22(17)35-25(27,28)29;;/h3-6,9-10,13,16,19,30H,7-8,11-12,14-15H2,1-2H3,(H,31,32,33);2*1H. The molecule has 1 aliphatic carbocycles. The smallest absolute Gasteiger partial charge is 0.405 e. The van der Waals surface area contributed by atoms with Gasteiger partial charge in [-0.2, -0.15) is 4.98 Å². The lowest BCUT2D eigenvalue weighted by Gasteiger charge is -2.29. The van der Waals surface area contributed by atoms with Gasteiger partial charge in [0.25, 0.3) is 0 Å². The zero-order chi connectivity index (χ0) is 25.0. The number of aromatic nitrogens is 2. The first-order valence-corrected chi connectivity index (χ1v) is 12.4. The molecule has 6 nitrogen and oxygen atoms in total. The van der Waals surface area contributed by atoms with Gasteiger partial charge in [-0.25, -0.2) is 4.98 Å². The maximum atomic E-state index is 12.7. The molecule has 0 aliphatic heterocycles. The first-order chi connectivity index (χ1) is 16.7. The van der Waals surface area contributed by atoms with Crippen molar-refractivity contribution in [1.29, 1.82) is 0 Å². The Labute approximate surface area is 235 Å². The molecule has 0 radical (unpaired) electrons. The number of alkyl halides is 3. The molecule has 0 spiro atoms. The van der Waals surface area contributed by atoms with Crippen LogP contribution in [0.2, 0.25) is 0 Å². The number of anilines is 2. The van der Waals surface area contributed by atoms with Crippen molar-refractivity contribution < 1.29 is 17.9 Å². The van der Waals surface area contributed by atoms with E-state index in [0.29, 0.717) is 28.4 Å². The molecule has 0 atom stereocenters. The SMILES string of the molecule is CN(C)c1nc(NCC2CCC(NCc3ccc(Br)cc3OC(F)(F)F)CC2)nc2ccccc12.Cl.Cl. The summed E-state index contributed by atoms with van der Waals surface area (Å²) in [6.07, 6.45) is -0.765. The molecule has 1 fully saturated rings. The monoisotopic (exact) mass is 623 g/mol. The fourth-order valence-corrected chi connectivity index (χ4v) is 4.77. The van der Waals surface area contributed by atoms with Crippen molar-refractivity contribution in [2.24, 2.45) is 5.92 Å². The Hall–Kier alpha value is -2.01. The van der Waals surface area contributed by atoms with Crippen LogP contribution in [0.5, 0.6) is 5.75 Å². The molecule has 4 rings (SSSR count). The molecule has 1 aromatic heterocycles. The molecule has 3 aromatic rings. The highest BCUT2D eigenvalue weighted by atomic mass is 79.9. The van der Waals surface area contributed by atoms with Crippen molar-refractivity contribution in [2.45, 2.75) is 44.6 Å². The summed E-state index contributed by atoms with van der Waals surface area (Å²) in [6, 6.07) is 12.9. The van der Waals surface area contributed by atoms with Crippen LogP contribution in [0.4, 0.5) is 24.9 Å². The third-order valence-corrected chi connectivity index (χ3v) is 6.73. The Morgan fingerprint density at radius 3 is 2.41 bits per heavy atom. The van der Waals surface area contributed by atoms with E-state index >= 15 is 0 Å². The van der Waals surface area contributed by atoms with E-state index in [2.05, 4.69) is 36.3 Å². The summed E-state index contributed by atoms with van der Waals surface area (Å²) >= 11 is 3.21. The third-order valence-electron chi connectivity index (χ3n) is 6.24. The second-order valence-electron chi connectivity index (χ2n) is 9.06. The molecule has 0 bridgehead atoms. The number of para-hydroxylation sites is 1. The summed E-state index contributed by atoms with van der Waals surface area (Å²) < 4.78 is 43.0. The van der Waals surface area contributed by atoms with Crippen LogP contribution < -0.4 is 20.3 Å².